The van der Waals surface area contributed by atoms with Crippen LogP contribution in [0, 0.1) is 13.8 Å². The zero-order valence-corrected chi connectivity index (χ0v) is 16.2. The molecule has 6 nitrogen and oxygen atoms in total. The molecule has 3 rings (SSSR count). The minimum Gasteiger partial charge on any atom is -0.302 e. The number of thioether (sulfide) groups is 1. The van der Waals surface area contributed by atoms with E-state index in [0.717, 1.165) is 17.1 Å². The van der Waals surface area contributed by atoms with Gasteiger partial charge < -0.3 is 9.88 Å². The van der Waals surface area contributed by atoms with Crippen molar-refractivity contribution in [3.8, 4) is 11.3 Å². The molecule has 0 radical (unpaired) electrons. The van der Waals surface area contributed by atoms with E-state index < -0.39 is 0 Å². The first-order valence-electron chi connectivity index (χ1n) is 8.02. The van der Waals surface area contributed by atoms with Crippen LogP contribution in [0.15, 0.2) is 47.5 Å². The molecule has 0 unspecified atom stereocenters. The van der Waals surface area contributed by atoms with Crippen molar-refractivity contribution in [2.24, 2.45) is 0 Å². The van der Waals surface area contributed by atoms with Gasteiger partial charge in [0.2, 0.25) is 5.91 Å². The second-order valence-corrected chi connectivity index (χ2v) is 7.47. The molecule has 3 aromatic rings. The van der Waals surface area contributed by atoms with Crippen LogP contribution in [0.3, 0.4) is 0 Å². The lowest BCUT2D eigenvalue weighted by atomic mass is 10.1. The first-order valence-corrected chi connectivity index (χ1v) is 9.89. The maximum atomic E-state index is 12.2. The number of anilines is 1. The molecule has 2 heterocycles. The quantitative estimate of drug-likeness (QED) is 0.493. The number of benzene rings is 1. The molecule has 1 aromatic carbocycles. The largest absolute Gasteiger partial charge is 0.302 e. The molecule has 0 fully saturated rings. The van der Waals surface area contributed by atoms with Crippen LogP contribution in [-0.4, -0.2) is 31.4 Å². The summed E-state index contributed by atoms with van der Waals surface area (Å²) in [5.41, 5.74) is 3.10. The molecule has 0 atom stereocenters. The number of aromatic nitrogens is 4. The highest BCUT2D eigenvalue weighted by molar-refractivity contribution is 7.99. The summed E-state index contributed by atoms with van der Waals surface area (Å²) in [4.78, 5) is 16.7. The SMILES string of the molecule is C=CCn1c(C)nnc1SCC(=O)Nc1nc(-c2ccc(C)cc2)cs1. The fourth-order valence-corrected chi connectivity index (χ4v) is 3.81. The van der Waals surface area contributed by atoms with Crippen molar-refractivity contribution in [2.45, 2.75) is 25.5 Å². The van der Waals surface area contributed by atoms with E-state index in [4.69, 9.17) is 0 Å². The minimum absolute atomic E-state index is 0.120. The fourth-order valence-electron chi connectivity index (χ4n) is 2.28. The molecule has 0 aliphatic rings. The van der Waals surface area contributed by atoms with Crippen molar-refractivity contribution in [3.05, 3.63) is 53.7 Å². The zero-order valence-electron chi connectivity index (χ0n) is 14.6. The Kier molecular flexibility index (Phi) is 5.85. The highest BCUT2D eigenvalue weighted by Gasteiger charge is 2.12. The van der Waals surface area contributed by atoms with Crippen molar-refractivity contribution in [3.63, 3.8) is 0 Å². The second-order valence-electron chi connectivity index (χ2n) is 5.67. The van der Waals surface area contributed by atoms with Crippen LogP contribution in [0.25, 0.3) is 11.3 Å². The number of hydrogen-bond acceptors (Lipinski definition) is 6. The monoisotopic (exact) mass is 385 g/mol. The fraction of sp³-hybridized carbons (Fsp3) is 0.222. The maximum Gasteiger partial charge on any atom is 0.236 e. The number of nitrogens with one attached hydrogen (secondary N) is 1. The maximum absolute atomic E-state index is 12.2. The third kappa shape index (κ3) is 4.39. The van der Waals surface area contributed by atoms with Gasteiger partial charge in [-0.15, -0.1) is 28.1 Å². The molecule has 0 saturated carbocycles. The summed E-state index contributed by atoms with van der Waals surface area (Å²) in [5, 5.41) is 14.2. The van der Waals surface area contributed by atoms with Crippen LogP contribution in [0.4, 0.5) is 5.13 Å². The van der Waals surface area contributed by atoms with E-state index in [1.54, 1.807) is 6.08 Å². The molecule has 0 spiro atoms. The highest BCUT2D eigenvalue weighted by atomic mass is 32.2. The predicted molar refractivity (Wildman–Crippen MR) is 107 cm³/mol. The number of allylic oxidation sites excluding steroid dienone is 1. The molecule has 2 aromatic heterocycles. The molecule has 8 heteroatoms. The number of rotatable bonds is 7. The summed E-state index contributed by atoms with van der Waals surface area (Å²) in [5.74, 6) is 0.926. The lowest BCUT2D eigenvalue weighted by Crippen LogP contribution is -2.14. The predicted octanol–water partition coefficient (Wildman–Crippen LogP) is 3.94. The molecule has 26 heavy (non-hydrogen) atoms. The van der Waals surface area contributed by atoms with E-state index in [1.165, 1.54) is 28.7 Å². The Bertz CT molecular complexity index is 914. The van der Waals surface area contributed by atoms with Gasteiger partial charge in [0.05, 0.1) is 11.4 Å². The van der Waals surface area contributed by atoms with Crippen LogP contribution in [0.5, 0.6) is 0 Å². The van der Waals surface area contributed by atoms with Crippen LogP contribution in [-0.2, 0) is 11.3 Å². The molecular formula is C18H19N5OS2. The summed E-state index contributed by atoms with van der Waals surface area (Å²) in [6.45, 7) is 8.27. The van der Waals surface area contributed by atoms with E-state index in [-0.39, 0.29) is 11.7 Å². The first kappa shape index (κ1) is 18.3. The third-order valence-corrected chi connectivity index (χ3v) is 5.37. The molecule has 1 N–H and O–H groups in total. The van der Waals surface area contributed by atoms with E-state index in [2.05, 4.69) is 27.1 Å². The highest BCUT2D eigenvalue weighted by Crippen LogP contribution is 2.25. The Hall–Kier alpha value is -2.45. The zero-order chi connectivity index (χ0) is 18.5. The average molecular weight is 386 g/mol. The van der Waals surface area contributed by atoms with Crippen molar-refractivity contribution in [1.82, 2.24) is 19.7 Å². The lowest BCUT2D eigenvalue weighted by Gasteiger charge is -2.05. The molecule has 0 aliphatic heterocycles. The van der Waals surface area contributed by atoms with Gasteiger partial charge in [0.25, 0.3) is 0 Å². The Morgan fingerprint density at radius 3 is 2.81 bits per heavy atom. The van der Waals surface area contributed by atoms with Crippen molar-refractivity contribution < 1.29 is 4.79 Å². The van der Waals surface area contributed by atoms with E-state index >= 15 is 0 Å². The number of carbonyl (C=O) groups excluding carboxylic acids is 1. The molecular weight excluding hydrogens is 366 g/mol. The van der Waals surface area contributed by atoms with E-state index in [1.807, 2.05) is 48.1 Å². The van der Waals surface area contributed by atoms with Gasteiger partial charge in [-0.1, -0.05) is 47.7 Å². The van der Waals surface area contributed by atoms with Crippen molar-refractivity contribution >= 4 is 34.1 Å². The van der Waals surface area contributed by atoms with Gasteiger partial charge in [-0.3, -0.25) is 4.79 Å². The Balaban J connectivity index is 1.59. The second kappa shape index (κ2) is 8.29. The summed E-state index contributed by atoms with van der Waals surface area (Å²) in [6.07, 6.45) is 1.78. The smallest absolute Gasteiger partial charge is 0.236 e. The summed E-state index contributed by atoms with van der Waals surface area (Å²) in [6, 6.07) is 8.15. The Morgan fingerprint density at radius 1 is 1.31 bits per heavy atom. The Morgan fingerprint density at radius 2 is 2.08 bits per heavy atom. The number of amides is 1. The first-order chi connectivity index (χ1) is 12.6. The normalized spacial score (nSPS) is 10.7. The molecule has 0 bridgehead atoms. The van der Waals surface area contributed by atoms with Crippen LogP contribution >= 0.6 is 23.1 Å². The van der Waals surface area contributed by atoms with Gasteiger partial charge in [0.1, 0.15) is 5.82 Å². The van der Waals surface area contributed by atoms with E-state index in [0.29, 0.717) is 16.8 Å². The molecule has 1 amide bonds. The average Bonchev–Trinajstić information content (AvgIpc) is 3.22. The minimum atomic E-state index is -0.120. The van der Waals surface area contributed by atoms with Gasteiger partial charge in [-0.25, -0.2) is 4.98 Å². The Labute approximate surface area is 160 Å². The van der Waals surface area contributed by atoms with Crippen molar-refractivity contribution in [2.75, 3.05) is 11.1 Å². The summed E-state index contributed by atoms with van der Waals surface area (Å²) >= 11 is 2.76. The lowest BCUT2D eigenvalue weighted by molar-refractivity contribution is -0.113. The van der Waals surface area contributed by atoms with Crippen LogP contribution in [0.2, 0.25) is 0 Å². The molecule has 134 valence electrons. The number of nitrogens with zero attached hydrogens (tertiary/aromatic N) is 4. The standard InChI is InChI=1S/C18H19N5OS2/c1-4-9-23-13(3)21-22-18(23)26-11-16(24)20-17-19-15(10-25-17)14-7-5-12(2)6-8-14/h4-8,10H,1,9,11H2,2-3H3,(H,19,20,24). The molecule has 0 saturated heterocycles. The van der Waals surface area contributed by atoms with Crippen molar-refractivity contribution in [1.29, 1.82) is 0 Å². The van der Waals surface area contributed by atoms with Gasteiger partial charge in [-0.05, 0) is 13.8 Å². The molecule has 0 aliphatic carbocycles. The van der Waals surface area contributed by atoms with Gasteiger partial charge in [0, 0.05) is 17.5 Å². The van der Waals surface area contributed by atoms with Gasteiger partial charge >= 0.3 is 0 Å². The third-order valence-electron chi connectivity index (χ3n) is 3.64. The van der Waals surface area contributed by atoms with Gasteiger partial charge in [-0.2, -0.15) is 0 Å². The number of aryl methyl sites for hydroxylation is 2. The number of thiazole rings is 1. The van der Waals surface area contributed by atoms with E-state index in [9.17, 15) is 4.79 Å². The summed E-state index contributed by atoms with van der Waals surface area (Å²) < 4.78 is 1.92. The summed E-state index contributed by atoms with van der Waals surface area (Å²) in [7, 11) is 0. The van der Waals surface area contributed by atoms with Crippen LogP contribution < -0.4 is 5.32 Å². The number of carbonyl (C=O) groups is 1. The van der Waals surface area contributed by atoms with Gasteiger partial charge in [0.15, 0.2) is 10.3 Å². The number of hydrogen-bond donors (Lipinski definition) is 1. The van der Waals surface area contributed by atoms with Crippen LogP contribution in [0.1, 0.15) is 11.4 Å². The topological polar surface area (TPSA) is 72.7 Å².